The van der Waals surface area contributed by atoms with E-state index in [1.807, 2.05) is 12.1 Å². The van der Waals surface area contributed by atoms with Gasteiger partial charge in [0.15, 0.2) is 0 Å². The van der Waals surface area contributed by atoms with E-state index in [-0.39, 0.29) is 0 Å². The molecule has 0 aliphatic heterocycles. The van der Waals surface area contributed by atoms with Crippen molar-refractivity contribution in [2.24, 2.45) is 11.1 Å². The van der Waals surface area contributed by atoms with E-state index in [1.54, 1.807) is 12.1 Å². The van der Waals surface area contributed by atoms with E-state index in [2.05, 4.69) is 19.0 Å². The molecule has 4 heteroatoms. The van der Waals surface area contributed by atoms with Gasteiger partial charge in [-0.3, -0.25) is 0 Å². The maximum absolute atomic E-state index is 11.0. The van der Waals surface area contributed by atoms with Crippen molar-refractivity contribution in [3.8, 4) is 0 Å². The molecule has 0 saturated carbocycles. The molecule has 92 valence electrons. The number of carboxylic acids is 1. The molecule has 1 N–H and O–H groups in total. The van der Waals surface area contributed by atoms with Gasteiger partial charge in [-0.1, -0.05) is 38.1 Å². The van der Waals surface area contributed by atoms with Crippen molar-refractivity contribution in [1.29, 1.82) is 0 Å². The predicted octanol–water partition coefficient (Wildman–Crippen LogP) is 2.95. The van der Waals surface area contributed by atoms with Crippen LogP contribution in [0.3, 0.4) is 0 Å². The molecule has 0 heterocycles. The van der Waals surface area contributed by atoms with Crippen LogP contribution in [0.15, 0.2) is 29.4 Å². The molecule has 17 heavy (non-hydrogen) atoms. The SMILES string of the molecule is CC(C)Cc1ccc(C(C)(N=O)C(=O)O)cc1. The van der Waals surface area contributed by atoms with Crippen molar-refractivity contribution >= 4 is 5.97 Å². The van der Waals surface area contributed by atoms with Crippen LogP contribution in [0.1, 0.15) is 31.9 Å². The summed E-state index contributed by atoms with van der Waals surface area (Å²) in [6.45, 7) is 5.53. The van der Waals surface area contributed by atoms with Gasteiger partial charge in [0.25, 0.3) is 0 Å². The highest BCUT2D eigenvalue weighted by atomic mass is 16.4. The standard InChI is InChI=1S/C13H17NO3/c1-9(2)8-10-4-6-11(7-5-10)13(3,14-17)12(15)16/h4-7,9H,8H2,1-3H3,(H,15,16). The van der Waals surface area contributed by atoms with Gasteiger partial charge in [0, 0.05) is 0 Å². The molecule has 0 spiro atoms. The van der Waals surface area contributed by atoms with E-state index in [0.717, 1.165) is 12.0 Å². The van der Waals surface area contributed by atoms with Crippen LogP contribution in [-0.2, 0) is 16.8 Å². The second-order valence-corrected chi connectivity index (χ2v) is 4.76. The molecule has 0 aromatic heterocycles. The minimum atomic E-state index is -1.70. The van der Waals surface area contributed by atoms with E-state index in [0.29, 0.717) is 11.5 Å². The summed E-state index contributed by atoms with van der Waals surface area (Å²) < 4.78 is 0. The summed E-state index contributed by atoms with van der Waals surface area (Å²) in [6.07, 6.45) is 0.929. The summed E-state index contributed by atoms with van der Waals surface area (Å²) in [7, 11) is 0. The Morgan fingerprint density at radius 2 is 1.88 bits per heavy atom. The second-order valence-electron chi connectivity index (χ2n) is 4.76. The van der Waals surface area contributed by atoms with Gasteiger partial charge in [0.1, 0.15) is 0 Å². The maximum atomic E-state index is 11.0. The smallest absolute Gasteiger partial charge is 0.339 e. The van der Waals surface area contributed by atoms with Crippen LogP contribution in [0.4, 0.5) is 0 Å². The number of benzene rings is 1. The van der Waals surface area contributed by atoms with Crippen molar-refractivity contribution in [3.05, 3.63) is 40.3 Å². The lowest BCUT2D eigenvalue weighted by Crippen LogP contribution is -2.29. The summed E-state index contributed by atoms with van der Waals surface area (Å²) in [4.78, 5) is 21.7. The topological polar surface area (TPSA) is 66.7 Å². The normalized spacial score (nSPS) is 14.4. The third-order valence-corrected chi connectivity index (χ3v) is 2.76. The van der Waals surface area contributed by atoms with Gasteiger partial charge in [-0.15, -0.1) is 4.91 Å². The van der Waals surface area contributed by atoms with E-state index < -0.39 is 11.5 Å². The molecule has 0 radical (unpaired) electrons. The first-order valence-electron chi connectivity index (χ1n) is 5.57. The first kappa shape index (κ1) is 13.4. The summed E-state index contributed by atoms with van der Waals surface area (Å²) in [5.74, 6) is -0.694. The third-order valence-electron chi connectivity index (χ3n) is 2.76. The molecule has 1 rings (SSSR count). The molecule has 0 aliphatic carbocycles. The van der Waals surface area contributed by atoms with Crippen molar-refractivity contribution < 1.29 is 9.90 Å². The van der Waals surface area contributed by atoms with Crippen LogP contribution in [0, 0.1) is 10.8 Å². The summed E-state index contributed by atoms with van der Waals surface area (Å²) in [6, 6.07) is 7.02. The Bertz CT molecular complexity index is 411. The molecular weight excluding hydrogens is 218 g/mol. The molecule has 0 bridgehead atoms. The third kappa shape index (κ3) is 2.90. The van der Waals surface area contributed by atoms with Gasteiger partial charge in [-0.2, -0.15) is 0 Å². The average molecular weight is 235 g/mol. The molecule has 1 atom stereocenters. The van der Waals surface area contributed by atoms with Crippen molar-refractivity contribution in [1.82, 2.24) is 0 Å². The summed E-state index contributed by atoms with van der Waals surface area (Å²) in [5, 5.41) is 11.7. The van der Waals surface area contributed by atoms with Crippen LogP contribution in [0.5, 0.6) is 0 Å². The number of nitrogens with zero attached hydrogens (tertiary/aromatic N) is 1. The van der Waals surface area contributed by atoms with Gasteiger partial charge < -0.3 is 5.11 Å². The second kappa shape index (κ2) is 5.08. The molecular formula is C13H17NO3. The molecule has 0 saturated heterocycles. The first-order valence-corrected chi connectivity index (χ1v) is 5.57. The van der Waals surface area contributed by atoms with E-state index in [1.165, 1.54) is 6.92 Å². The zero-order valence-corrected chi connectivity index (χ0v) is 10.3. The van der Waals surface area contributed by atoms with Crippen LogP contribution in [-0.4, -0.2) is 11.1 Å². The monoisotopic (exact) mass is 235 g/mol. The Morgan fingerprint density at radius 3 is 2.24 bits per heavy atom. The minimum Gasteiger partial charge on any atom is -0.479 e. The Hall–Kier alpha value is -1.71. The fourth-order valence-electron chi connectivity index (χ4n) is 1.65. The number of nitroso groups, excluding NO2 is 1. The number of hydrogen-bond acceptors (Lipinski definition) is 3. The van der Waals surface area contributed by atoms with Gasteiger partial charge in [0.2, 0.25) is 5.54 Å². The molecule has 0 aliphatic rings. The van der Waals surface area contributed by atoms with E-state index >= 15 is 0 Å². The highest BCUT2D eigenvalue weighted by Gasteiger charge is 2.36. The van der Waals surface area contributed by atoms with Gasteiger partial charge in [0.05, 0.1) is 0 Å². The first-order chi connectivity index (χ1) is 7.90. The zero-order chi connectivity index (χ0) is 13.1. The largest absolute Gasteiger partial charge is 0.479 e. The predicted molar refractivity (Wildman–Crippen MR) is 65.8 cm³/mol. The Morgan fingerprint density at radius 1 is 1.35 bits per heavy atom. The Balaban J connectivity index is 3.01. The Kier molecular flexibility index (Phi) is 3.99. The lowest BCUT2D eigenvalue weighted by molar-refractivity contribution is -0.142. The molecule has 1 aromatic carbocycles. The van der Waals surface area contributed by atoms with Crippen LogP contribution in [0.25, 0.3) is 0 Å². The number of rotatable bonds is 5. The lowest BCUT2D eigenvalue weighted by Gasteiger charge is -2.17. The lowest BCUT2D eigenvalue weighted by atomic mass is 9.91. The Labute approximate surface area is 101 Å². The molecule has 0 fully saturated rings. The molecule has 1 aromatic rings. The van der Waals surface area contributed by atoms with Gasteiger partial charge in [-0.05, 0) is 35.6 Å². The number of carboxylic acid groups (broad SMARTS) is 1. The summed E-state index contributed by atoms with van der Waals surface area (Å²) in [5.41, 5.74) is -0.161. The van der Waals surface area contributed by atoms with Crippen LogP contribution in [0.2, 0.25) is 0 Å². The minimum absolute atomic E-state index is 0.410. The summed E-state index contributed by atoms with van der Waals surface area (Å²) >= 11 is 0. The van der Waals surface area contributed by atoms with Crippen LogP contribution >= 0.6 is 0 Å². The molecule has 0 amide bonds. The molecule has 1 unspecified atom stereocenters. The number of carbonyl (C=O) groups is 1. The number of aliphatic carboxylic acids is 1. The molecule has 4 nitrogen and oxygen atoms in total. The number of hydrogen-bond donors (Lipinski definition) is 1. The van der Waals surface area contributed by atoms with Crippen molar-refractivity contribution in [3.63, 3.8) is 0 Å². The van der Waals surface area contributed by atoms with Gasteiger partial charge in [-0.25, -0.2) is 4.79 Å². The maximum Gasteiger partial charge on any atom is 0.339 e. The highest BCUT2D eigenvalue weighted by molar-refractivity contribution is 5.80. The van der Waals surface area contributed by atoms with E-state index in [4.69, 9.17) is 5.11 Å². The fraction of sp³-hybridized carbons (Fsp3) is 0.462. The van der Waals surface area contributed by atoms with Gasteiger partial charge >= 0.3 is 5.97 Å². The van der Waals surface area contributed by atoms with Crippen molar-refractivity contribution in [2.45, 2.75) is 32.7 Å². The quantitative estimate of drug-likeness (QED) is 0.798. The zero-order valence-electron chi connectivity index (χ0n) is 10.3. The van der Waals surface area contributed by atoms with Crippen molar-refractivity contribution in [2.75, 3.05) is 0 Å². The fourth-order valence-corrected chi connectivity index (χ4v) is 1.65. The average Bonchev–Trinajstić information content (AvgIpc) is 2.28. The highest BCUT2D eigenvalue weighted by Crippen LogP contribution is 2.26. The van der Waals surface area contributed by atoms with Crippen LogP contribution < -0.4 is 0 Å². The van der Waals surface area contributed by atoms with E-state index in [9.17, 15) is 9.70 Å².